The van der Waals surface area contributed by atoms with Crippen molar-refractivity contribution in [2.45, 2.75) is 33.2 Å². The molecule has 0 aromatic carbocycles. The van der Waals surface area contributed by atoms with E-state index in [4.69, 9.17) is 4.42 Å². The van der Waals surface area contributed by atoms with Gasteiger partial charge in [0.1, 0.15) is 5.76 Å². The Morgan fingerprint density at radius 1 is 1.50 bits per heavy atom. The lowest BCUT2D eigenvalue weighted by Gasteiger charge is -2.32. The number of furan rings is 1. The van der Waals surface area contributed by atoms with Crippen molar-refractivity contribution in [3.8, 4) is 0 Å². The zero-order valence-corrected chi connectivity index (χ0v) is 11.3. The number of hydrogen-bond acceptors (Lipinski definition) is 3. The van der Waals surface area contributed by atoms with Crippen molar-refractivity contribution in [1.82, 2.24) is 10.6 Å². The van der Waals surface area contributed by atoms with Gasteiger partial charge in [0.2, 0.25) is 5.91 Å². The average Bonchev–Trinajstić information content (AvgIpc) is 3.01. The highest BCUT2D eigenvalue weighted by Crippen LogP contribution is 2.35. The van der Waals surface area contributed by atoms with Gasteiger partial charge in [-0.3, -0.25) is 4.79 Å². The highest BCUT2D eigenvalue weighted by atomic mass is 16.3. The zero-order chi connectivity index (χ0) is 13.2. The van der Waals surface area contributed by atoms with Crippen LogP contribution >= 0.6 is 0 Å². The number of hydrogen-bond donors (Lipinski definition) is 2. The summed E-state index contributed by atoms with van der Waals surface area (Å²) < 4.78 is 5.32. The van der Waals surface area contributed by atoms with Gasteiger partial charge in [-0.2, -0.15) is 0 Å². The van der Waals surface area contributed by atoms with Crippen LogP contribution in [-0.4, -0.2) is 19.0 Å². The molecule has 2 heterocycles. The van der Waals surface area contributed by atoms with E-state index >= 15 is 0 Å². The number of rotatable bonds is 4. The molecule has 4 heteroatoms. The molecule has 0 spiro atoms. The molecule has 1 aliphatic rings. The van der Waals surface area contributed by atoms with Crippen molar-refractivity contribution in [3.05, 3.63) is 24.2 Å². The summed E-state index contributed by atoms with van der Waals surface area (Å²) in [5.74, 6) is 1.26. The second-order valence-electron chi connectivity index (χ2n) is 5.45. The summed E-state index contributed by atoms with van der Waals surface area (Å²) in [6, 6.07) is 3.65. The Labute approximate surface area is 108 Å². The first-order valence-corrected chi connectivity index (χ1v) is 6.61. The minimum atomic E-state index is -0.277. The molecular formula is C14H22N2O2. The fourth-order valence-electron chi connectivity index (χ4n) is 2.61. The minimum absolute atomic E-state index is 0.0799. The molecule has 0 aliphatic carbocycles. The van der Waals surface area contributed by atoms with Gasteiger partial charge in [0, 0.05) is 6.54 Å². The van der Waals surface area contributed by atoms with Crippen LogP contribution in [0.15, 0.2) is 22.8 Å². The maximum absolute atomic E-state index is 12.5. The molecule has 1 saturated heterocycles. The molecular weight excluding hydrogens is 228 g/mol. The van der Waals surface area contributed by atoms with Crippen molar-refractivity contribution in [2.24, 2.45) is 11.3 Å². The summed E-state index contributed by atoms with van der Waals surface area (Å²) in [5, 5.41) is 6.37. The molecule has 1 aliphatic heterocycles. The first kappa shape index (κ1) is 13.1. The van der Waals surface area contributed by atoms with Crippen molar-refractivity contribution < 1.29 is 9.21 Å². The smallest absolute Gasteiger partial charge is 0.228 e. The summed E-state index contributed by atoms with van der Waals surface area (Å²) in [5.41, 5.74) is -0.277. The molecule has 0 radical (unpaired) electrons. The maximum atomic E-state index is 12.5. The van der Waals surface area contributed by atoms with Crippen LogP contribution in [0.3, 0.4) is 0 Å². The summed E-state index contributed by atoms with van der Waals surface area (Å²) in [7, 11) is 0. The molecule has 0 bridgehead atoms. The SMILES string of the molecule is CC(NC(=O)C1(C(C)C)CCNC1)c1ccco1. The number of carbonyl (C=O) groups is 1. The molecule has 2 unspecified atom stereocenters. The maximum Gasteiger partial charge on any atom is 0.228 e. The van der Waals surface area contributed by atoms with E-state index in [9.17, 15) is 4.79 Å². The van der Waals surface area contributed by atoms with Crippen molar-refractivity contribution in [3.63, 3.8) is 0 Å². The van der Waals surface area contributed by atoms with Crippen LogP contribution in [0.25, 0.3) is 0 Å². The third-order valence-electron chi connectivity index (χ3n) is 4.06. The molecule has 4 nitrogen and oxygen atoms in total. The van der Waals surface area contributed by atoms with Crippen LogP contribution in [0.2, 0.25) is 0 Å². The lowest BCUT2D eigenvalue weighted by molar-refractivity contribution is -0.133. The van der Waals surface area contributed by atoms with Gasteiger partial charge < -0.3 is 15.1 Å². The normalized spacial score (nSPS) is 25.3. The van der Waals surface area contributed by atoms with Crippen LogP contribution in [0, 0.1) is 11.3 Å². The van der Waals surface area contributed by atoms with E-state index in [1.807, 2.05) is 19.1 Å². The molecule has 2 N–H and O–H groups in total. The largest absolute Gasteiger partial charge is 0.467 e. The molecule has 100 valence electrons. The summed E-state index contributed by atoms with van der Waals surface area (Å²) >= 11 is 0. The number of amides is 1. The topological polar surface area (TPSA) is 54.3 Å². The van der Waals surface area contributed by atoms with Crippen LogP contribution in [0.5, 0.6) is 0 Å². The van der Waals surface area contributed by atoms with E-state index in [0.29, 0.717) is 5.92 Å². The van der Waals surface area contributed by atoms with Gasteiger partial charge >= 0.3 is 0 Å². The zero-order valence-electron chi connectivity index (χ0n) is 11.3. The molecule has 0 saturated carbocycles. The Morgan fingerprint density at radius 2 is 2.28 bits per heavy atom. The average molecular weight is 250 g/mol. The lowest BCUT2D eigenvalue weighted by atomic mass is 9.75. The Bertz CT molecular complexity index is 392. The Hall–Kier alpha value is -1.29. The summed E-state index contributed by atoms with van der Waals surface area (Å²) in [6.07, 6.45) is 2.54. The van der Waals surface area contributed by atoms with Gasteiger partial charge in [0.25, 0.3) is 0 Å². The van der Waals surface area contributed by atoms with Crippen LogP contribution in [-0.2, 0) is 4.79 Å². The fourth-order valence-corrected chi connectivity index (χ4v) is 2.61. The van der Waals surface area contributed by atoms with E-state index in [0.717, 1.165) is 25.3 Å². The summed E-state index contributed by atoms with van der Waals surface area (Å²) in [4.78, 5) is 12.5. The van der Waals surface area contributed by atoms with Crippen LogP contribution in [0.1, 0.15) is 39.0 Å². The van der Waals surface area contributed by atoms with E-state index in [1.54, 1.807) is 6.26 Å². The van der Waals surface area contributed by atoms with Gasteiger partial charge in [-0.25, -0.2) is 0 Å². The van der Waals surface area contributed by atoms with E-state index in [-0.39, 0.29) is 17.4 Å². The quantitative estimate of drug-likeness (QED) is 0.860. The predicted octanol–water partition coefficient (Wildman–Crippen LogP) is 2.09. The Balaban J connectivity index is 2.06. The standard InChI is InChI=1S/C14H22N2O2/c1-10(2)14(6-7-15-9-14)13(17)16-11(3)12-5-4-8-18-12/h4-5,8,10-11,15H,6-7,9H2,1-3H3,(H,16,17). The van der Waals surface area contributed by atoms with Gasteiger partial charge in [0.05, 0.1) is 17.7 Å². The van der Waals surface area contributed by atoms with Crippen molar-refractivity contribution >= 4 is 5.91 Å². The molecule has 1 aromatic rings. The summed E-state index contributed by atoms with van der Waals surface area (Å²) in [6.45, 7) is 7.86. The van der Waals surface area contributed by atoms with Crippen molar-refractivity contribution in [1.29, 1.82) is 0 Å². The third kappa shape index (κ3) is 2.29. The number of nitrogens with one attached hydrogen (secondary N) is 2. The van der Waals surface area contributed by atoms with Crippen molar-refractivity contribution in [2.75, 3.05) is 13.1 Å². The second-order valence-corrected chi connectivity index (χ2v) is 5.45. The molecule has 2 atom stereocenters. The Kier molecular flexibility index (Phi) is 3.76. The highest BCUT2D eigenvalue weighted by Gasteiger charge is 2.44. The van der Waals surface area contributed by atoms with E-state index in [1.165, 1.54) is 0 Å². The monoisotopic (exact) mass is 250 g/mol. The van der Waals surface area contributed by atoms with Gasteiger partial charge in [0.15, 0.2) is 0 Å². The minimum Gasteiger partial charge on any atom is -0.467 e. The third-order valence-corrected chi connectivity index (χ3v) is 4.06. The Morgan fingerprint density at radius 3 is 2.78 bits per heavy atom. The van der Waals surface area contributed by atoms with Crippen LogP contribution in [0.4, 0.5) is 0 Å². The molecule has 1 aromatic heterocycles. The highest BCUT2D eigenvalue weighted by molar-refractivity contribution is 5.84. The second kappa shape index (κ2) is 5.14. The number of carbonyl (C=O) groups excluding carboxylic acids is 1. The molecule has 2 rings (SSSR count). The lowest BCUT2D eigenvalue weighted by Crippen LogP contribution is -2.46. The van der Waals surface area contributed by atoms with E-state index in [2.05, 4.69) is 24.5 Å². The van der Waals surface area contributed by atoms with Crippen LogP contribution < -0.4 is 10.6 Å². The van der Waals surface area contributed by atoms with Gasteiger partial charge in [-0.05, 0) is 37.9 Å². The van der Waals surface area contributed by atoms with E-state index < -0.39 is 0 Å². The van der Waals surface area contributed by atoms with Gasteiger partial charge in [-0.15, -0.1) is 0 Å². The first-order valence-electron chi connectivity index (χ1n) is 6.61. The first-order chi connectivity index (χ1) is 8.56. The predicted molar refractivity (Wildman–Crippen MR) is 70.0 cm³/mol. The molecule has 1 amide bonds. The molecule has 18 heavy (non-hydrogen) atoms. The fraction of sp³-hybridized carbons (Fsp3) is 0.643. The van der Waals surface area contributed by atoms with Gasteiger partial charge in [-0.1, -0.05) is 13.8 Å². The molecule has 1 fully saturated rings.